The fourth-order valence-electron chi connectivity index (χ4n) is 2.16. The summed E-state index contributed by atoms with van der Waals surface area (Å²) in [7, 11) is 1.94. The van der Waals surface area contributed by atoms with Gasteiger partial charge < -0.3 is 14.8 Å². The number of pyridine rings is 1. The summed E-state index contributed by atoms with van der Waals surface area (Å²) in [6.07, 6.45) is 1.77. The second kappa shape index (κ2) is 5.28. The van der Waals surface area contributed by atoms with Gasteiger partial charge in [0.05, 0.1) is 11.7 Å². The first-order chi connectivity index (χ1) is 9.36. The molecule has 0 radical (unpaired) electrons. The summed E-state index contributed by atoms with van der Waals surface area (Å²) in [5.74, 6) is 1.71. The van der Waals surface area contributed by atoms with Gasteiger partial charge in [0.2, 0.25) is 0 Å². The lowest BCUT2D eigenvalue weighted by Gasteiger charge is -2.08. The van der Waals surface area contributed by atoms with Crippen LogP contribution in [0.3, 0.4) is 0 Å². The zero-order valence-corrected chi connectivity index (χ0v) is 10.8. The van der Waals surface area contributed by atoms with Crippen molar-refractivity contribution in [2.75, 3.05) is 13.7 Å². The molecule has 1 atom stereocenters. The van der Waals surface area contributed by atoms with E-state index in [0.29, 0.717) is 13.2 Å². The van der Waals surface area contributed by atoms with Crippen molar-refractivity contribution in [2.45, 2.75) is 12.6 Å². The van der Waals surface area contributed by atoms with Gasteiger partial charge in [-0.15, -0.1) is 0 Å². The van der Waals surface area contributed by atoms with E-state index in [9.17, 15) is 0 Å². The molecule has 0 fully saturated rings. The molecule has 19 heavy (non-hydrogen) atoms. The molecule has 4 nitrogen and oxygen atoms in total. The lowest BCUT2D eigenvalue weighted by Crippen LogP contribution is -2.17. The maximum atomic E-state index is 5.72. The van der Waals surface area contributed by atoms with Crippen molar-refractivity contribution in [1.29, 1.82) is 0 Å². The number of benzene rings is 1. The molecule has 0 spiro atoms. The van der Waals surface area contributed by atoms with E-state index in [1.54, 1.807) is 6.20 Å². The SMILES string of the molecule is CNC1COc2cc(OCc3ccccn3)ccc21. The molecule has 1 N–H and O–H groups in total. The standard InChI is InChI=1S/C15H16N2O2/c1-16-14-10-19-15-8-12(5-6-13(14)15)18-9-11-4-2-3-7-17-11/h2-8,14,16H,9-10H2,1H3. The molecule has 1 aromatic carbocycles. The Morgan fingerprint density at radius 2 is 2.32 bits per heavy atom. The van der Waals surface area contributed by atoms with Crippen LogP contribution in [0.4, 0.5) is 0 Å². The molecule has 1 aliphatic heterocycles. The summed E-state index contributed by atoms with van der Waals surface area (Å²) in [6.45, 7) is 1.14. The van der Waals surface area contributed by atoms with Gasteiger partial charge in [0.15, 0.2) is 0 Å². The van der Waals surface area contributed by atoms with Crippen molar-refractivity contribution in [3.8, 4) is 11.5 Å². The fraction of sp³-hybridized carbons (Fsp3) is 0.267. The van der Waals surface area contributed by atoms with Crippen molar-refractivity contribution < 1.29 is 9.47 Å². The first-order valence-electron chi connectivity index (χ1n) is 6.33. The average Bonchev–Trinajstić information content (AvgIpc) is 2.88. The van der Waals surface area contributed by atoms with E-state index in [0.717, 1.165) is 17.2 Å². The number of nitrogens with zero attached hydrogens (tertiary/aromatic N) is 1. The molecule has 1 aromatic heterocycles. The number of likely N-dealkylation sites (N-methyl/N-ethyl adjacent to an activating group) is 1. The van der Waals surface area contributed by atoms with E-state index in [1.165, 1.54) is 5.56 Å². The highest BCUT2D eigenvalue weighted by molar-refractivity contribution is 5.45. The van der Waals surface area contributed by atoms with Crippen molar-refractivity contribution in [3.05, 3.63) is 53.9 Å². The van der Waals surface area contributed by atoms with Crippen LogP contribution < -0.4 is 14.8 Å². The third-order valence-corrected chi connectivity index (χ3v) is 3.23. The minimum absolute atomic E-state index is 0.278. The molecule has 0 bridgehead atoms. The van der Waals surface area contributed by atoms with Crippen molar-refractivity contribution in [1.82, 2.24) is 10.3 Å². The Balaban J connectivity index is 1.70. The zero-order valence-electron chi connectivity index (χ0n) is 10.8. The van der Waals surface area contributed by atoms with Crippen molar-refractivity contribution in [2.24, 2.45) is 0 Å². The van der Waals surface area contributed by atoms with Gasteiger partial charge in [-0.3, -0.25) is 4.98 Å². The summed E-state index contributed by atoms with van der Waals surface area (Å²) in [4.78, 5) is 4.23. The maximum Gasteiger partial charge on any atom is 0.130 e. The third kappa shape index (κ3) is 2.53. The Labute approximate surface area is 112 Å². The van der Waals surface area contributed by atoms with Crippen LogP contribution in [0.1, 0.15) is 17.3 Å². The van der Waals surface area contributed by atoms with Gasteiger partial charge in [0.1, 0.15) is 24.7 Å². The molecule has 0 amide bonds. The van der Waals surface area contributed by atoms with Crippen LogP contribution in [-0.4, -0.2) is 18.6 Å². The number of hydrogen-bond acceptors (Lipinski definition) is 4. The van der Waals surface area contributed by atoms with Gasteiger partial charge in [-0.2, -0.15) is 0 Å². The predicted octanol–water partition coefficient (Wildman–Crippen LogP) is 2.31. The van der Waals surface area contributed by atoms with Crippen molar-refractivity contribution >= 4 is 0 Å². The van der Waals surface area contributed by atoms with E-state index in [1.807, 2.05) is 37.4 Å². The first-order valence-corrected chi connectivity index (χ1v) is 6.33. The lowest BCUT2D eigenvalue weighted by molar-refractivity contribution is 0.295. The van der Waals surface area contributed by atoms with Gasteiger partial charge in [0, 0.05) is 17.8 Å². The molecule has 0 saturated heterocycles. The van der Waals surface area contributed by atoms with E-state index in [2.05, 4.69) is 16.4 Å². The summed E-state index contributed by atoms with van der Waals surface area (Å²) >= 11 is 0. The molecule has 4 heteroatoms. The van der Waals surface area contributed by atoms with E-state index < -0.39 is 0 Å². The molecule has 0 saturated carbocycles. The highest BCUT2D eigenvalue weighted by Crippen LogP contribution is 2.35. The maximum absolute atomic E-state index is 5.72. The molecule has 1 aliphatic rings. The Morgan fingerprint density at radius 3 is 3.11 bits per heavy atom. The van der Waals surface area contributed by atoms with E-state index in [-0.39, 0.29) is 6.04 Å². The van der Waals surface area contributed by atoms with Crippen molar-refractivity contribution in [3.63, 3.8) is 0 Å². The van der Waals surface area contributed by atoms with Crippen LogP contribution in [0, 0.1) is 0 Å². The quantitative estimate of drug-likeness (QED) is 0.911. The number of nitrogens with one attached hydrogen (secondary N) is 1. The molecule has 0 aliphatic carbocycles. The molecule has 98 valence electrons. The minimum atomic E-state index is 0.278. The van der Waals surface area contributed by atoms with Crippen LogP contribution in [-0.2, 0) is 6.61 Å². The van der Waals surface area contributed by atoms with Gasteiger partial charge in [0.25, 0.3) is 0 Å². The smallest absolute Gasteiger partial charge is 0.130 e. The summed E-state index contributed by atoms with van der Waals surface area (Å²) in [6, 6.07) is 12.0. The third-order valence-electron chi connectivity index (χ3n) is 3.23. The summed E-state index contributed by atoms with van der Waals surface area (Å²) in [5.41, 5.74) is 2.10. The average molecular weight is 256 g/mol. The van der Waals surface area contributed by atoms with E-state index >= 15 is 0 Å². The van der Waals surface area contributed by atoms with Gasteiger partial charge >= 0.3 is 0 Å². The van der Waals surface area contributed by atoms with Crippen LogP contribution in [0.25, 0.3) is 0 Å². The highest BCUT2D eigenvalue weighted by Gasteiger charge is 2.22. The number of ether oxygens (including phenoxy) is 2. The lowest BCUT2D eigenvalue weighted by atomic mass is 10.1. The summed E-state index contributed by atoms with van der Waals surface area (Å²) in [5, 5.41) is 3.22. The number of rotatable bonds is 4. The van der Waals surface area contributed by atoms with Crippen LogP contribution in [0.2, 0.25) is 0 Å². The number of hydrogen-bond donors (Lipinski definition) is 1. The molecule has 2 heterocycles. The fourth-order valence-corrected chi connectivity index (χ4v) is 2.16. The van der Waals surface area contributed by atoms with Gasteiger partial charge in [-0.1, -0.05) is 6.07 Å². The largest absolute Gasteiger partial charge is 0.491 e. The minimum Gasteiger partial charge on any atom is -0.491 e. The van der Waals surface area contributed by atoms with Gasteiger partial charge in [-0.05, 0) is 31.3 Å². The topological polar surface area (TPSA) is 43.4 Å². The Hall–Kier alpha value is -2.07. The van der Waals surface area contributed by atoms with Crippen LogP contribution >= 0.6 is 0 Å². The van der Waals surface area contributed by atoms with Crippen LogP contribution in [0.5, 0.6) is 11.5 Å². The Morgan fingerprint density at radius 1 is 1.37 bits per heavy atom. The molecule has 3 rings (SSSR count). The molecule has 1 unspecified atom stereocenters. The van der Waals surface area contributed by atoms with Crippen LogP contribution in [0.15, 0.2) is 42.6 Å². The normalized spacial score (nSPS) is 16.8. The number of fused-ring (bicyclic) bond motifs is 1. The van der Waals surface area contributed by atoms with E-state index in [4.69, 9.17) is 9.47 Å². The molecule has 2 aromatic rings. The second-order valence-electron chi connectivity index (χ2n) is 4.46. The summed E-state index contributed by atoms with van der Waals surface area (Å²) < 4.78 is 11.4. The highest BCUT2D eigenvalue weighted by atomic mass is 16.5. The number of aromatic nitrogens is 1. The zero-order chi connectivity index (χ0) is 13.1. The monoisotopic (exact) mass is 256 g/mol. The predicted molar refractivity (Wildman–Crippen MR) is 72.3 cm³/mol. The van der Waals surface area contributed by atoms with Gasteiger partial charge in [-0.25, -0.2) is 0 Å². The molecular formula is C15H16N2O2. The Bertz CT molecular complexity index is 557. The molecular weight excluding hydrogens is 240 g/mol. The first kappa shape index (κ1) is 12.0. The Kier molecular flexibility index (Phi) is 3.33. The second-order valence-corrected chi connectivity index (χ2v) is 4.46.